The first kappa shape index (κ1) is 25.5. The van der Waals surface area contributed by atoms with Crippen LogP contribution >= 0.6 is 0 Å². The molecule has 0 heterocycles. The van der Waals surface area contributed by atoms with E-state index in [0.717, 1.165) is 11.6 Å². The first-order valence-corrected chi connectivity index (χ1v) is 12.3. The topological polar surface area (TPSA) is 35.5 Å². The molecule has 0 N–H and O–H groups in total. The van der Waals surface area contributed by atoms with Crippen molar-refractivity contribution in [1.82, 2.24) is 0 Å². The Hall–Kier alpha value is -3.54. The van der Waals surface area contributed by atoms with Crippen LogP contribution in [0.1, 0.15) is 56.6 Å². The van der Waals surface area contributed by atoms with Gasteiger partial charge in [0.25, 0.3) is 0 Å². The smallest absolute Gasteiger partial charge is 0.314 e. The Morgan fingerprint density at radius 1 is 0.944 bits per heavy atom. The highest BCUT2D eigenvalue weighted by atomic mass is 19.2. The average molecular weight is 495 g/mol. The number of hydrogen-bond donors (Lipinski definition) is 0. The van der Waals surface area contributed by atoms with Crippen molar-refractivity contribution in [3.63, 3.8) is 0 Å². The van der Waals surface area contributed by atoms with E-state index in [1.165, 1.54) is 12.1 Å². The number of esters is 1. The number of hydrogen-bond acceptors (Lipinski definition) is 3. The summed E-state index contributed by atoms with van der Waals surface area (Å²) in [5.41, 5.74) is 2.16. The molecule has 0 unspecified atom stereocenters. The molecule has 1 aliphatic carbocycles. The van der Waals surface area contributed by atoms with Gasteiger partial charge in [0.15, 0.2) is 23.2 Å². The van der Waals surface area contributed by atoms with Crippen LogP contribution in [0.15, 0.2) is 60.7 Å². The third kappa shape index (κ3) is 5.64. The van der Waals surface area contributed by atoms with Crippen LogP contribution in [0.25, 0.3) is 17.2 Å². The highest BCUT2D eigenvalue weighted by Crippen LogP contribution is 2.39. The van der Waals surface area contributed by atoms with E-state index < -0.39 is 23.4 Å². The Balaban J connectivity index is 1.39. The fraction of sp³-hybridized carbons (Fsp3) is 0.300. The number of carbonyl (C=O) groups is 1. The Morgan fingerprint density at radius 3 is 2.31 bits per heavy atom. The summed E-state index contributed by atoms with van der Waals surface area (Å²) >= 11 is 0. The van der Waals surface area contributed by atoms with E-state index in [4.69, 9.17) is 9.47 Å². The number of carbonyl (C=O) groups excluding carboxylic acids is 1. The van der Waals surface area contributed by atoms with E-state index in [9.17, 15) is 9.18 Å². The summed E-state index contributed by atoms with van der Waals surface area (Å²) in [6.07, 6.45) is 5.89. The molecule has 0 radical (unpaired) electrons. The zero-order valence-corrected chi connectivity index (χ0v) is 20.4. The minimum absolute atomic E-state index is 0.101. The third-order valence-electron chi connectivity index (χ3n) is 6.61. The minimum Gasteiger partial charge on any atom is -0.491 e. The maximum absolute atomic E-state index is 15.1. The van der Waals surface area contributed by atoms with Gasteiger partial charge in [0.1, 0.15) is 5.75 Å². The standard InChI is InChI=1S/C30H29F3O3/c1-3-5-19-6-8-20(9-7-19)24-15-16-25(29(33)28(24)32)21-10-12-22(13-11-21)30(34)36-23-14-17-27(35-4-2)26(31)18-23/h3,5-9,14-18,21-22H,4,10-13H2,1-2H3/b5-3+. The maximum Gasteiger partial charge on any atom is 0.314 e. The van der Waals surface area contributed by atoms with Gasteiger partial charge >= 0.3 is 5.97 Å². The second-order valence-electron chi connectivity index (χ2n) is 8.95. The van der Waals surface area contributed by atoms with Gasteiger partial charge in [0.2, 0.25) is 0 Å². The SMILES string of the molecule is C/C=C/c1ccc(-c2ccc(C3CCC(C(=O)Oc4ccc(OCC)c(F)c4)CC3)c(F)c2F)cc1. The lowest BCUT2D eigenvalue weighted by atomic mass is 9.78. The Bertz CT molecular complexity index is 1240. The van der Waals surface area contributed by atoms with Crippen LogP contribution in [0.5, 0.6) is 11.5 Å². The van der Waals surface area contributed by atoms with Gasteiger partial charge in [-0.05, 0) is 74.3 Å². The molecule has 0 saturated heterocycles. The van der Waals surface area contributed by atoms with Crippen LogP contribution in [0.3, 0.4) is 0 Å². The van der Waals surface area contributed by atoms with Crippen LogP contribution in [0.4, 0.5) is 13.2 Å². The van der Waals surface area contributed by atoms with Crippen molar-refractivity contribution in [2.45, 2.75) is 45.4 Å². The van der Waals surface area contributed by atoms with Gasteiger partial charge in [-0.3, -0.25) is 4.79 Å². The van der Waals surface area contributed by atoms with Crippen LogP contribution in [-0.2, 0) is 4.79 Å². The van der Waals surface area contributed by atoms with Crippen molar-refractivity contribution in [2.75, 3.05) is 6.61 Å². The summed E-state index contributed by atoms with van der Waals surface area (Å²) in [7, 11) is 0. The van der Waals surface area contributed by atoms with Crippen molar-refractivity contribution in [2.24, 2.45) is 5.92 Å². The molecule has 1 aliphatic rings. The lowest BCUT2D eigenvalue weighted by Crippen LogP contribution is -2.25. The summed E-state index contributed by atoms with van der Waals surface area (Å²) in [4.78, 5) is 12.6. The molecule has 0 aliphatic heterocycles. The summed E-state index contributed by atoms with van der Waals surface area (Å²) in [5, 5.41) is 0. The molecule has 3 aromatic carbocycles. The molecule has 3 nitrogen and oxygen atoms in total. The van der Waals surface area contributed by atoms with Gasteiger partial charge < -0.3 is 9.47 Å². The van der Waals surface area contributed by atoms with Gasteiger partial charge in [-0.1, -0.05) is 48.6 Å². The van der Waals surface area contributed by atoms with Crippen molar-refractivity contribution >= 4 is 12.0 Å². The lowest BCUT2D eigenvalue weighted by molar-refractivity contribution is -0.140. The van der Waals surface area contributed by atoms with Crippen molar-refractivity contribution in [3.8, 4) is 22.6 Å². The Labute approximate surface area is 209 Å². The summed E-state index contributed by atoms with van der Waals surface area (Å²) in [5.74, 6) is -3.07. The van der Waals surface area contributed by atoms with E-state index in [0.29, 0.717) is 43.4 Å². The van der Waals surface area contributed by atoms with Crippen molar-refractivity contribution in [3.05, 3.63) is 89.3 Å². The van der Waals surface area contributed by atoms with Gasteiger partial charge in [-0.15, -0.1) is 0 Å². The molecular formula is C30H29F3O3. The largest absolute Gasteiger partial charge is 0.491 e. The second-order valence-corrected chi connectivity index (χ2v) is 8.95. The Morgan fingerprint density at radius 2 is 1.67 bits per heavy atom. The quantitative estimate of drug-likeness (QED) is 0.246. The molecule has 0 amide bonds. The fourth-order valence-corrected chi connectivity index (χ4v) is 4.73. The zero-order chi connectivity index (χ0) is 25.7. The van der Waals surface area contributed by atoms with E-state index in [2.05, 4.69) is 0 Å². The first-order valence-electron chi connectivity index (χ1n) is 12.3. The maximum atomic E-state index is 15.1. The summed E-state index contributed by atoms with van der Waals surface area (Å²) in [6, 6.07) is 14.6. The highest BCUT2D eigenvalue weighted by Gasteiger charge is 2.31. The van der Waals surface area contributed by atoms with Crippen LogP contribution in [0, 0.1) is 23.4 Å². The van der Waals surface area contributed by atoms with Crippen molar-refractivity contribution in [1.29, 1.82) is 0 Å². The van der Waals surface area contributed by atoms with Crippen LogP contribution in [0.2, 0.25) is 0 Å². The number of allylic oxidation sites excluding steroid dienone is 1. The van der Waals surface area contributed by atoms with Crippen LogP contribution in [-0.4, -0.2) is 12.6 Å². The summed E-state index contributed by atoms with van der Waals surface area (Å²) in [6.45, 7) is 4.00. The van der Waals surface area contributed by atoms with Gasteiger partial charge in [-0.2, -0.15) is 0 Å². The lowest BCUT2D eigenvalue weighted by Gasteiger charge is -2.28. The highest BCUT2D eigenvalue weighted by molar-refractivity contribution is 5.75. The molecular weight excluding hydrogens is 465 g/mol. The summed E-state index contributed by atoms with van der Waals surface area (Å²) < 4.78 is 54.6. The number of rotatable bonds is 7. The predicted octanol–water partition coefficient (Wildman–Crippen LogP) is 8.08. The first-order chi connectivity index (χ1) is 17.4. The molecule has 1 fully saturated rings. The van der Waals surface area contributed by atoms with Gasteiger partial charge in [0.05, 0.1) is 12.5 Å². The molecule has 3 aromatic rings. The van der Waals surface area contributed by atoms with E-state index in [1.807, 2.05) is 31.2 Å². The number of ether oxygens (including phenoxy) is 2. The molecule has 0 atom stereocenters. The van der Waals surface area contributed by atoms with E-state index >= 15 is 8.78 Å². The molecule has 188 valence electrons. The molecule has 0 aromatic heterocycles. The second kappa shape index (κ2) is 11.5. The van der Waals surface area contributed by atoms with E-state index in [1.54, 1.807) is 31.2 Å². The van der Waals surface area contributed by atoms with Crippen LogP contribution < -0.4 is 9.47 Å². The molecule has 6 heteroatoms. The minimum atomic E-state index is -0.856. The molecule has 0 bridgehead atoms. The monoisotopic (exact) mass is 494 g/mol. The number of halogens is 3. The average Bonchev–Trinajstić information content (AvgIpc) is 2.88. The zero-order valence-electron chi connectivity index (χ0n) is 20.4. The van der Waals surface area contributed by atoms with E-state index in [-0.39, 0.29) is 28.9 Å². The number of benzene rings is 3. The fourth-order valence-electron chi connectivity index (χ4n) is 4.73. The molecule has 1 saturated carbocycles. The third-order valence-corrected chi connectivity index (χ3v) is 6.61. The molecule has 4 rings (SSSR count). The van der Waals surface area contributed by atoms with Gasteiger partial charge in [0, 0.05) is 11.6 Å². The predicted molar refractivity (Wildman–Crippen MR) is 134 cm³/mol. The van der Waals surface area contributed by atoms with Crippen molar-refractivity contribution < 1.29 is 27.4 Å². The Kier molecular flexibility index (Phi) is 8.14. The normalized spacial score (nSPS) is 17.8. The van der Waals surface area contributed by atoms with Gasteiger partial charge in [-0.25, -0.2) is 13.2 Å². The molecule has 36 heavy (non-hydrogen) atoms. The molecule has 0 spiro atoms.